The fourth-order valence-corrected chi connectivity index (χ4v) is 4.93. The number of pyridine rings is 1. The van der Waals surface area contributed by atoms with E-state index < -0.39 is 11.4 Å². The second-order valence-corrected chi connectivity index (χ2v) is 8.67. The van der Waals surface area contributed by atoms with Crippen LogP contribution in [0.4, 0.5) is 4.39 Å². The van der Waals surface area contributed by atoms with Crippen LogP contribution in [0, 0.1) is 5.82 Å². The number of hydrogen-bond acceptors (Lipinski definition) is 5. The minimum atomic E-state index is -0.601. The molecule has 2 saturated heterocycles. The highest BCUT2D eigenvalue weighted by Gasteiger charge is 2.43. The van der Waals surface area contributed by atoms with Gasteiger partial charge in [-0.15, -0.1) is 0 Å². The number of likely N-dealkylation sites (tertiary alicyclic amines) is 2. The molecule has 31 heavy (non-hydrogen) atoms. The molecule has 0 N–H and O–H groups in total. The third kappa shape index (κ3) is 3.50. The molecule has 0 radical (unpaired) electrons. The Bertz CT molecular complexity index is 1020. The minimum absolute atomic E-state index is 0.00768. The molecule has 8 nitrogen and oxygen atoms in total. The van der Waals surface area contributed by atoms with E-state index >= 15 is 0 Å². The Labute approximate surface area is 180 Å². The van der Waals surface area contributed by atoms with E-state index in [2.05, 4.69) is 10.1 Å². The number of carbonyl (C=O) groups is 2. The first kappa shape index (κ1) is 20.1. The Kier molecular flexibility index (Phi) is 5.00. The van der Waals surface area contributed by atoms with E-state index in [9.17, 15) is 14.0 Å². The summed E-state index contributed by atoms with van der Waals surface area (Å²) in [5.41, 5.74) is 1.90. The molecule has 3 aliphatic rings. The number of halogens is 1. The first-order valence-electron chi connectivity index (χ1n) is 10.9. The molecule has 2 aromatic heterocycles. The van der Waals surface area contributed by atoms with Gasteiger partial charge in [-0.2, -0.15) is 5.10 Å². The smallest absolute Gasteiger partial charge is 0.275 e. The molecule has 5 rings (SSSR count). The molecule has 0 aliphatic carbocycles. The van der Waals surface area contributed by atoms with E-state index in [4.69, 9.17) is 4.74 Å². The van der Waals surface area contributed by atoms with Gasteiger partial charge in [0.05, 0.1) is 12.2 Å². The van der Waals surface area contributed by atoms with Gasteiger partial charge < -0.3 is 14.5 Å². The SMILES string of the molecule is Cn1nc(C(=O)N2CCCC2)c2c1CC1(CCN(C(=O)c3ncccc3F)CC1)OC2. The summed E-state index contributed by atoms with van der Waals surface area (Å²) in [6, 6.07) is 2.72. The summed E-state index contributed by atoms with van der Waals surface area (Å²) in [5, 5.41) is 4.54. The van der Waals surface area contributed by atoms with Crippen molar-refractivity contribution in [2.75, 3.05) is 26.2 Å². The van der Waals surface area contributed by atoms with Crippen LogP contribution in [0.2, 0.25) is 0 Å². The molecule has 0 atom stereocenters. The lowest BCUT2D eigenvalue weighted by molar-refractivity contribution is -0.0991. The van der Waals surface area contributed by atoms with Gasteiger partial charge in [0.15, 0.2) is 17.2 Å². The lowest BCUT2D eigenvalue weighted by atomic mass is 9.83. The molecular weight excluding hydrogens is 401 g/mol. The van der Waals surface area contributed by atoms with Crippen molar-refractivity contribution in [3.05, 3.63) is 46.8 Å². The first-order valence-corrected chi connectivity index (χ1v) is 10.9. The summed E-state index contributed by atoms with van der Waals surface area (Å²) in [5.74, 6) is -0.994. The lowest BCUT2D eigenvalue weighted by Gasteiger charge is -2.43. The Morgan fingerprint density at radius 2 is 1.74 bits per heavy atom. The third-order valence-corrected chi connectivity index (χ3v) is 6.81. The molecule has 2 amide bonds. The number of carbonyl (C=O) groups excluding carboxylic acids is 2. The van der Waals surface area contributed by atoms with Crippen LogP contribution in [-0.4, -0.2) is 68.2 Å². The monoisotopic (exact) mass is 427 g/mol. The van der Waals surface area contributed by atoms with Crippen molar-refractivity contribution in [3.8, 4) is 0 Å². The molecule has 0 aromatic carbocycles. The quantitative estimate of drug-likeness (QED) is 0.732. The van der Waals surface area contributed by atoms with Gasteiger partial charge in [-0.05, 0) is 37.8 Å². The molecule has 3 aliphatic heterocycles. The van der Waals surface area contributed by atoms with Crippen molar-refractivity contribution in [2.24, 2.45) is 7.05 Å². The number of aryl methyl sites for hydroxylation is 1. The number of hydrogen-bond donors (Lipinski definition) is 0. The summed E-state index contributed by atoms with van der Waals surface area (Å²) in [4.78, 5) is 33.0. The molecule has 0 saturated carbocycles. The molecule has 9 heteroatoms. The van der Waals surface area contributed by atoms with Gasteiger partial charge in [-0.25, -0.2) is 9.37 Å². The standard InChI is InChI=1S/C22H26FN5O3/c1-26-17-13-22(31-14-15(17)18(25-26)20(29)27-9-2-3-10-27)6-11-28(12-7-22)21(30)19-16(23)5-4-8-24-19/h4-5,8H,2-3,6-7,9-14H2,1H3. The van der Waals surface area contributed by atoms with Gasteiger partial charge in [-0.1, -0.05) is 0 Å². The minimum Gasteiger partial charge on any atom is -0.370 e. The molecule has 0 bridgehead atoms. The van der Waals surface area contributed by atoms with Crippen LogP contribution < -0.4 is 0 Å². The molecule has 2 aromatic rings. The summed E-state index contributed by atoms with van der Waals surface area (Å²) in [7, 11) is 1.88. The zero-order chi connectivity index (χ0) is 21.6. The van der Waals surface area contributed by atoms with Crippen LogP contribution in [0.3, 0.4) is 0 Å². The Morgan fingerprint density at radius 3 is 2.45 bits per heavy atom. The number of rotatable bonds is 2. The first-order chi connectivity index (χ1) is 15.0. The van der Waals surface area contributed by atoms with Gasteiger partial charge in [0.2, 0.25) is 0 Å². The van der Waals surface area contributed by atoms with Gasteiger partial charge in [0, 0.05) is 57.1 Å². The van der Waals surface area contributed by atoms with Crippen molar-refractivity contribution in [1.29, 1.82) is 0 Å². The lowest BCUT2D eigenvalue weighted by Crippen LogP contribution is -2.51. The highest BCUT2D eigenvalue weighted by molar-refractivity contribution is 5.94. The fraction of sp³-hybridized carbons (Fsp3) is 0.545. The number of fused-ring (bicyclic) bond motifs is 1. The molecule has 0 unspecified atom stereocenters. The van der Waals surface area contributed by atoms with Gasteiger partial charge in [0.1, 0.15) is 0 Å². The molecule has 2 fully saturated rings. The van der Waals surface area contributed by atoms with E-state index in [1.807, 2.05) is 16.6 Å². The highest BCUT2D eigenvalue weighted by atomic mass is 19.1. The van der Waals surface area contributed by atoms with Crippen molar-refractivity contribution >= 4 is 11.8 Å². The van der Waals surface area contributed by atoms with E-state index in [1.165, 1.54) is 18.3 Å². The second-order valence-electron chi connectivity index (χ2n) is 8.67. The van der Waals surface area contributed by atoms with Gasteiger partial charge in [0.25, 0.3) is 11.8 Å². The van der Waals surface area contributed by atoms with Crippen LogP contribution in [-0.2, 0) is 24.8 Å². The number of ether oxygens (including phenoxy) is 1. The van der Waals surface area contributed by atoms with Crippen molar-refractivity contribution in [2.45, 2.75) is 44.3 Å². The van der Waals surface area contributed by atoms with E-state index in [0.29, 0.717) is 44.7 Å². The van der Waals surface area contributed by atoms with Crippen LogP contribution in [0.15, 0.2) is 18.3 Å². The number of aromatic nitrogens is 3. The predicted octanol–water partition coefficient (Wildman–Crippen LogP) is 1.94. The fourth-order valence-electron chi connectivity index (χ4n) is 4.93. The topological polar surface area (TPSA) is 80.6 Å². The van der Waals surface area contributed by atoms with Crippen molar-refractivity contribution < 1.29 is 18.7 Å². The maximum absolute atomic E-state index is 14.0. The van der Waals surface area contributed by atoms with Crippen molar-refractivity contribution in [3.63, 3.8) is 0 Å². The van der Waals surface area contributed by atoms with Gasteiger partial charge in [-0.3, -0.25) is 14.3 Å². The van der Waals surface area contributed by atoms with E-state index in [-0.39, 0.29) is 17.5 Å². The van der Waals surface area contributed by atoms with Crippen LogP contribution in [0.1, 0.15) is 57.9 Å². The third-order valence-electron chi connectivity index (χ3n) is 6.81. The zero-order valence-corrected chi connectivity index (χ0v) is 17.6. The Morgan fingerprint density at radius 1 is 1.06 bits per heavy atom. The molecule has 1 spiro atoms. The Hall–Kier alpha value is -2.81. The summed E-state index contributed by atoms with van der Waals surface area (Å²) >= 11 is 0. The van der Waals surface area contributed by atoms with Crippen LogP contribution in [0.25, 0.3) is 0 Å². The number of amides is 2. The largest absolute Gasteiger partial charge is 0.370 e. The highest BCUT2D eigenvalue weighted by Crippen LogP contribution is 2.37. The maximum Gasteiger partial charge on any atom is 0.275 e. The molecule has 164 valence electrons. The number of nitrogens with zero attached hydrogens (tertiary/aromatic N) is 5. The average Bonchev–Trinajstić information content (AvgIpc) is 3.42. The maximum atomic E-state index is 14.0. The van der Waals surface area contributed by atoms with E-state index in [0.717, 1.165) is 37.2 Å². The van der Waals surface area contributed by atoms with Crippen LogP contribution in [0.5, 0.6) is 0 Å². The second kappa shape index (κ2) is 7.71. The van der Waals surface area contributed by atoms with E-state index in [1.54, 1.807) is 4.90 Å². The summed E-state index contributed by atoms with van der Waals surface area (Å²) < 4.78 is 22.1. The molecule has 5 heterocycles. The summed E-state index contributed by atoms with van der Waals surface area (Å²) in [6.45, 7) is 2.87. The zero-order valence-electron chi connectivity index (χ0n) is 17.6. The van der Waals surface area contributed by atoms with Crippen LogP contribution >= 0.6 is 0 Å². The molecular formula is C22H26FN5O3. The Balaban J connectivity index is 1.30. The predicted molar refractivity (Wildman–Crippen MR) is 109 cm³/mol. The van der Waals surface area contributed by atoms with Gasteiger partial charge >= 0.3 is 0 Å². The van der Waals surface area contributed by atoms with Crippen molar-refractivity contribution in [1.82, 2.24) is 24.6 Å². The summed E-state index contributed by atoms with van der Waals surface area (Å²) in [6.07, 6.45) is 5.45. The average molecular weight is 427 g/mol. The normalized spacial score (nSPS) is 20.2. The number of piperidine rings is 1.